The standard InChI is InChI=1S/C27H29ClN2O2/c1-20-9-8-12-22(17-20)19-30(26(31)16-15-23-13-6-7-14-24(23)28)25(27(32)29-2)18-21-10-4-3-5-11-21/h3-14,17,25H,15-16,18-19H2,1-2H3,(H,29,32)/t25-/m0/s1. The summed E-state index contributed by atoms with van der Waals surface area (Å²) in [6, 6.07) is 24.8. The molecule has 0 aliphatic carbocycles. The van der Waals surface area contributed by atoms with Gasteiger partial charge in [-0.2, -0.15) is 0 Å². The fourth-order valence-electron chi connectivity index (χ4n) is 3.81. The van der Waals surface area contributed by atoms with Gasteiger partial charge in [0.25, 0.3) is 0 Å². The topological polar surface area (TPSA) is 49.4 Å². The first-order chi connectivity index (χ1) is 15.5. The average Bonchev–Trinajstić information content (AvgIpc) is 2.81. The number of hydrogen-bond acceptors (Lipinski definition) is 2. The van der Waals surface area contributed by atoms with Gasteiger partial charge in [0.15, 0.2) is 0 Å². The normalized spacial score (nSPS) is 11.6. The molecule has 0 aliphatic heterocycles. The molecular weight excluding hydrogens is 420 g/mol. The number of nitrogens with one attached hydrogen (secondary N) is 1. The molecular formula is C27H29ClN2O2. The maximum Gasteiger partial charge on any atom is 0.242 e. The second-order valence-electron chi connectivity index (χ2n) is 7.92. The van der Waals surface area contributed by atoms with E-state index in [1.54, 1.807) is 11.9 Å². The fraction of sp³-hybridized carbons (Fsp3) is 0.259. The molecule has 1 atom stereocenters. The molecule has 0 bridgehead atoms. The second kappa shape index (κ2) is 11.5. The summed E-state index contributed by atoms with van der Waals surface area (Å²) >= 11 is 6.29. The van der Waals surface area contributed by atoms with Crippen molar-refractivity contribution < 1.29 is 9.59 Å². The number of aryl methyl sites for hydroxylation is 2. The van der Waals surface area contributed by atoms with E-state index < -0.39 is 6.04 Å². The maximum atomic E-state index is 13.5. The van der Waals surface area contributed by atoms with Crippen LogP contribution in [0.3, 0.4) is 0 Å². The summed E-state index contributed by atoms with van der Waals surface area (Å²) < 4.78 is 0. The van der Waals surface area contributed by atoms with Crippen LogP contribution < -0.4 is 5.32 Å². The predicted octanol–water partition coefficient (Wildman–Crippen LogP) is 4.97. The number of carbonyl (C=O) groups is 2. The molecule has 0 saturated heterocycles. The summed E-state index contributed by atoms with van der Waals surface area (Å²) in [5.41, 5.74) is 4.05. The van der Waals surface area contributed by atoms with Gasteiger partial charge < -0.3 is 10.2 Å². The van der Waals surface area contributed by atoms with Crippen LogP contribution in [0.25, 0.3) is 0 Å². The molecule has 0 heterocycles. The molecule has 5 heteroatoms. The third kappa shape index (κ3) is 6.44. The van der Waals surface area contributed by atoms with Gasteiger partial charge in [-0.05, 0) is 36.1 Å². The number of amides is 2. The highest BCUT2D eigenvalue weighted by Gasteiger charge is 2.29. The van der Waals surface area contributed by atoms with Crippen molar-refractivity contribution in [2.24, 2.45) is 0 Å². The average molecular weight is 449 g/mol. The van der Waals surface area contributed by atoms with Crippen LogP contribution >= 0.6 is 11.6 Å². The molecule has 3 aromatic carbocycles. The van der Waals surface area contributed by atoms with E-state index in [9.17, 15) is 9.59 Å². The quantitative estimate of drug-likeness (QED) is 0.502. The highest BCUT2D eigenvalue weighted by molar-refractivity contribution is 6.31. The predicted molar refractivity (Wildman–Crippen MR) is 130 cm³/mol. The number of halogens is 1. The number of carbonyl (C=O) groups excluding carboxylic acids is 2. The smallest absolute Gasteiger partial charge is 0.242 e. The van der Waals surface area contributed by atoms with Crippen molar-refractivity contribution in [2.45, 2.75) is 38.8 Å². The summed E-state index contributed by atoms with van der Waals surface area (Å²) in [7, 11) is 1.61. The molecule has 0 radical (unpaired) electrons. The molecule has 4 nitrogen and oxygen atoms in total. The second-order valence-corrected chi connectivity index (χ2v) is 8.33. The van der Waals surface area contributed by atoms with E-state index in [-0.39, 0.29) is 18.2 Å². The zero-order chi connectivity index (χ0) is 22.9. The van der Waals surface area contributed by atoms with Gasteiger partial charge in [-0.1, -0.05) is 90.0 Å². The summed E-state index contributed by atoms with van der Waals surface area (Å²) in [4.78, 5) is 28.1. The Kier molecular flexibility index (Phi) is 8.46. The van der Waals surface area contributed by atoms with Gasteiger partial charge in [-0.3, -0.25) is 9.59 Å². The Morgan fingerprint density at radius 1 is 0.938 bits per heavy atom. The van der Waals surface area contributed by atoms with Gasteiger partial charge in [0.2, 0.25) is 11.8 Å². The van der Waals surface area contributed by atoms with E-state index in [0.717, 1.165) is 22.3 Å². The molecule has 1 N–H and O–H groups in total. The van der Waals surface area contributed by atoms with Crippen LogP contribution in [0, 0.1) is 6.92 Å². The van der Waals surface area contributed by atoms with Gasteiger partial charge in [0.05, 0.1) is 0 Å². The minimum atomic E-state index is -0.610. The van der Waals surface area contributed by atoms with Crippen LogP contribution in [-0.4, -0.2) is 29.8 Å². The Hall–Kier alpha value is -3.11. The molecule has 0 spiro atoms. The first kappa shape index (κ1) is 23.6. The summed E-state index contributed by atoms with van der Waals surface area (Å²) in [6.45, 7) is 2.39. The van der Waals surface area contributed by atoms with Gasteiger partial charge in [0.1, 0.15) is 6.04 Å². The lowest BCUT2D eigenvalue weighted by Gasteiger charge is -2.31. The van der Waals surface area contributed by atoms with E-state index in [0.29, 0.717) is 24.4 Å². The van der Waals surface area contributed by atoms with E-state index >= 15 is 0 Å². The number of likely N-dealkylation sites (N-methyl/N-ethyl adjacent to an activating group) is 1. The highest BCUT2D eigenvalue weighted by atomic mass is 35.5. The van der Waals surface area contributed by atoms with Crippen molar-refractivity contribution in [3.8, 4) is 0 Å². The SMILES string of the molecule is CNC(=O)[C@H](Cc1ccccc1)N(Cc1cccc(C)c1)C(=O)CCc1ccccc1Cl. The van der Waals surface area contributed by atoms with Crippen LogP contribution in [0.2, 0.25) is 5.02 Å². The van der Waals surface area contributed by atoms with Crippen molar-refractivity contribution in [1.82, 2.24) is 10.2 Å². The van der Waals surface area contributed by atoms with Crippen LogP contribution in [0.5, 0.6) is 0 Å². The minimum absolute atomic E-state index is 0.0732. The monoisotopic (exact) mass is 448 g/mol. The Bertz CT molecular complexity index is 1050. The van der Waals surface area contributed by atoms with E-state index in [1.165, 1.54) is 0 Å². The van der Waals surface area contributed by atoms with Crippen molar-refractivity contribution >= 4 is 23.4 Å². The maximum absolute atomic E-state index is 13.5. The first-order valence-corrected chi connectivity index (χ1v) is 11.2. The van der Waals surface area contributed by atoms with Crippen LogP contribution in [0.15, 0.2) is 78.9 Å². The van der Waals surface area contributed by atoms with Crippen LogP contribution in [0.4, 0.5) is 0 Å². The van der Waals surface area contributed by atoms with Crippen LogP contribution in [0.1, 0.15) is 28.7 Å². The highest BCUT2D eigenvalue weighted by Crippen LogP contribution is 2.20. The van der Waals surface area contributed by atoms with Gasteiger partial charge in [-0.25, -0.2) is 0 Å². The summed E-state index contributed by atoms with van der Waals surface area (Å²) in [5, 5.41) is 3.40. The number of hydrogen-bond donors (Lipinski definition) is 1. The van der Waals surface area contributed by atoms with E-state index in [2.05, 4.69) is 11.4 Å². The lowest BCUT2D eigenvalue weighted by molar-refractivity contribution is -0.141. The first-order valence-electron chi connectivity index (χ1n) is 10.8. The molecule has 2 amide bonds. The molecule has 166 valence electrons. The third-order valence-electron chi connectivity index (χ3n) is 5.52. The Morgan fingerprint density at radius 3 is 2.31 bits per heavy atom. The Morgan fingerprint density at radius 2 is 1.62 bits per heavy atom. The largest absolute Gasteiger partial charge is 0.357 e. The molecule has 0 aliphatic rings. The lowest BCUT2D eigenvalue weighted by atomic mass is 10.0. The zero-order valence-electron chi connectivity index (χ0n) is 18.6. The fourth-order valence-corrected chi connectivity index (χ4v) is 4.04. The van der Waals surface area contributed by atoms with Crippen molar-refractivity contribution in [2.75, 3.05) is 7.05 Å². The number of benzene rings is 3. The lowest BCUT2D eigenvalue weighted by Crippen LogP contribution is -2.49. The molecule has 0 unspecified atom stereocenters. The third-order valence-corrected chi connectivity index (χ3v) is 5.89. The van der Waals surface area contributed by atoms with E-state index in [1.807, 2.05) is 79.7 Å². The molecule has 3 rings (SSSR count). The number of nitrogens with zero attached hydrogens (tertiary/aromatic N) is 1. The molecule has 0 fully saturated rings. The molecule has 0 saturated carbocycles. The minimum Gasteiger partial charge on any atom is -0.357 e. The Balaban J connectivity index is 1.88. The van der Waals surface area contributed by atoms with Crippen molar-refractivity contribution in [3.63, 3.8) is 0 Å². The van der Waals surface area contributed by atoms with Crippen molar-refractivity contribution in [1.29, 1.82) is 0 Å². The summed E-state index contributed by atoms with van der Waals surface area (Å²) in [5.74, 6) is -0.247. The number of rotatable bonds is 9. The zero-order valence-corrected chi connectivity index (χ0v) is 19.3. The van der Waals surface area contributed by atoms with Gasteiger partial charge in [0, 0.05) is 31.5 Å². The molecule has 32 heavy (non-hydrogen) atoms. The van der Waals surface area contributed by atoms with Gasteiger partial charge >= 0.3 is 0 Å². The molecule has 0 aromatic heterocycles. The summed E-state index contributed by atoms with van der Waals surface area (Å²) in [6.07, 6.45) is 1.25. The Labute approximate surface area is 195 Å². The van der Waals surface area contributed by atoms with E-state index in [4.69, 9.17) is 11.6 Å². The van der Waals surface area contributed by atoms with Crippen molar-refractivity contribution in [3.05, 3.63) is 106 Å². The van der Waals surface area contributed by atoms with Gasteiger partial charge in [-0.15, -0.1) is 0 Å². The van der Waals surface area contributed by atoms with Crippen LogP contribution in [-0.2, 0) is 29.0 Å². The molecule has 3 aromatic rings.